The summed E-state index contributed by atoms with van der Waals surface area (Å²) in [5, 5.41) is 0.105. The zero-order valence-corrected chi connectivity index (χ0v) is 21.5. The molecule has 1 aliphatic heterocycles. The lowest BCUT2D eigenvalue weighted by molar-refractivity contribution is -0.275. The van der Waals surface area contributed by atoms with Crippen LogP contribution < -0.4 is 0 Å². The van der Waals surface area contributed by atoms with Crippen LogP contribution in [0.1, 0.15) is 58.9 Å². The molecular weight excluding hydrogens is 408 g/mol. The molecule has 1 saturated heterocycles. The van der Waals surface area contributed by atoms with Crippen LogP contribution in [0.4, 0.5) is 0 Å². The highest BCUT2D eigenvalue weighted by molar-refractivity contribution is 6.74. The molecule has 0 N–H and O–H groups in total. The van der Waals surface area contributed by atoms with Crippen LogP contribution in [-0.2, 0) is 30.0 Å². The van der Waals surface area contributed by atoms with Crippen LogP contribution in [-0.4, -0.2) is 46.3 Å². The van der Waals surface area contributed by atoms with E-state index in [0.29, 0.717) is 19.6 Å². The molecule has 0 spiro atoms. The number of rotatable bonds is 11. The number of aldehydes is 1. The summed E-state index contributed by atoms with van der Waals surface area (Å²) in [6.45, 7) is 14.7. The second kappa shape index (κ2) is 11.2. The van der Waals surface area contributed by atoms with Gasteiger partial charge in [0.25, 0.3) is 0 Å². The summed E-state index contributed by atoms with van der Waals surface area (Å²) < 4.78 is 24.3. The van der Waals surface area contributed by atoms with E-state index in [9.17, 15) is 4.79 Å². The minimum absolute atomic E-state index is 0.0564. The van der Waals surface area contributed by atoms with E-state index in [1.54, 1.807) is 7.11 Å². The SMILES string of the molecule is CO[C@]1(C=O)C[C@H](O[Si](C)(C)C(C)(C)C)[C@@H](C)[C@@H](CCCCOCc2ccccc2)O1. The van der Waals surface area contributed by atoms with E-state index >= 15 is 0 Å². The van der Waals surface area contributed by atoms with Gasteiger partial charge < -0.3 is 18.6 Å². The van der Waals surface area contributed by atoms with Crippen molar-refractivity contribution in [2.24, 2.45) is 5.92 Å². The largest absolute Gasteiger partial charge is 0.413 e. The number of carbonyl (C=O) groups excluding carboxylic acids is 1. The molecular formula is C25H42O5Si. The topological polar surface area (TPSA) is 54.0 Å². The number of hydrogen-bond acceptors (Lipinski definition) is 5. The second-order valence-corrected chi connectivity index (χ2v) is 15.1. The van der Waals surface area contributed by atoms with Crippen LogP contribution >= 0.6 is 0 Å². The number of unbranched alkanes of at least 4 members (excludes halogenated alkanes) is 1. The summed E-state index contributed by atoms with van der Waals surface area (Å²) in [6, 6.07) is 10.2. The summed E-state index contributed by atoms with van der Waals surface area (Å²) in [6.07, 6.45) is 3.88. The molecule has 1 fully saturated rings. The van der Waals surface area contributed by atoms with Crippen LogP contribution in [0.2, 0.25) is 18.1 Å². The maximum Gasteiger partial charge on any atom is 0.228 e. The maximum atomic E-state index is 11.9. The van der Waals surface area contributed by atoms with Gasteiger partial charge in [-0.3, -0.25) is 4.79 Å². The third-order valence-corrected chi connectivity index (χ3v) is 11.4. The van der Waals surface area contributed by atoms with Gasteiger partial charge in [-0.25, -0.2) is 0 Å². The number of methoxy groups -OCH3 is 1. The zero-order chi connectivity index (χ0) is 23.1. The van der Waals surface area contributed by atoms with Crippen molar-refractivity contribution >= 4 is 14.6 Å². The first kappa shape index (κ1) is 26.2. The first-order valence-corrected chi connectivity index (χ1v) is 14.4. The normalized spacial score (nSPS) is 27.3. The Kier molecular flexibility index (Phi) is 9.46. The molecule has 4 atom stereocenters. The molecule has 31 heavy (non-hydrogen) atoms. The van der Waals surface area contributed by atoms with E-state index in [-0.39, 0.29) is 23.2 Å². The molecule has 0 amide bonds. The average Bonchev–Trinajstić information content (AvgIpc) is 2.72. The summed E-state index contributed by atoms with van der Waals surface area (Å²) in [7, 11) is -0.436. The lowest BCUT2D eigenvalue weighted by atomic mass is 9.86. The Hall–Kier alpha value is -1.05. The second-order valence-electron chi connectivity index (χ2n) is 10.3. The molecule has 6 heteroatoms. The van der Waals surface area contributed by atoms with Gasteiger partial charge in [0.1, 0.15) is 0 Å². The van der Waals surface area contributed by atoms with Gasteiger partial charge in [0, 0.05) is 26.1 Å². The van der Waals surface area contributed by atoms with Gasteiger partial charge in [-0.2, -0.15) is 0 Å². The number of hydrogen-bond donors (Lipinski definition) is 0. The maximum absolute atomic E-state index is 11.9. The van der Waals surface area contributed by atoms with Crippen LogP contribution in [0.5, 0.6) is 0 Å². The predicted octanol–water partition coefficient (Wildman–Crippen LogP) is 5.73. The summed E-state index contributed by atoms with van der Waals surface area (Å²) in [5.74, 6) is -1.02. The third-order valence-electron chi connectivity index (χ3n) is 6.93. The number of carbonyl (C=O) groups is 1. The Labute approximate surface area is 189 Å². The molecule has 1 aliphatic rings. The van der Waals surface area contributed by atoms with Gasteiger partial charge in [-0.15, -0.1) is 0 Å². The van der Waals surface area contributed by atoms with E-state index in [4.69, 9.17) is 18.6 Å². The van der Waals surface area contributed by atoms with Crippen LogP contribution in [0.3, 0.4) is 0 Å². The van der Waals surface area contributed by atoms with Crippen molar-refractivity contribution in [1.82, 2.24) is 0 Å². The highest BCUT2D eigenvalue weighted by atomic mass is 28.4. The lowest BCUT2D eigenvalue weighted by Crippen LogP contribution is -2.57. The molecule has 2 rings (SSSR count). The van der Waals surface area contributed by atoms with E-state index in [0.717, 1.165) is 25.5 Å². The summed E-state index contributed by atoms with van der Waals surface area (Å²) in [4.78, 5) is 11.9. The van der Waals surface area contributed by atoms with Crippen LogP contribution in [0.15, 0.2) is 30.3 Å². The standard InChI is InChI=1S/C25H42O5Si/c1-20-22(15-11-12-16-28-18-21-13-9-8-10-14-21)29-25(19-26,27-5)17-23(20)30-31(6,7)24(2,3)4/h8-10,13-14,19-20,22-23H,11-12,15-18H2,1-7H3/t20-,22+,23-,25+/m0/s1. The van der Waals surface area contributed by atoms with E-state index in [1.807, 2.05) is 18.2 Å². The lowest BCUT2D eigenvalue weighted by Gasteiger charge is -2.48. The fraction of sp³-hybridized carbons (Fsp3) is 0.720. The van der Waals surface area contributed by atoms with Gasteiger partial charge in [0.2, 0.25) is 5.79 Å². The molecule has 0 unspecified atom stereocenters. The quantitative estimate of drug-likeness (QED) is 0.245. The van der Waals surface area contributed by atoms with E-state index in [1.165, 1.54) is 5.56 Å². The highest BCUT2D eigenvalue weighted by Crippen LogP contribution is 2.42. The molecule has 1 aromatic carbocycles. The van der Waals surface area contributed by atoms with Crippen molar-refractivity contribution in [1.29, 1.82) is 0 Å². The van der Waals surface area contributed by atoms with Crippen molar-refractivity contribution < 1.29 is 23.4 Å². The molecule has 0 aromatic heterocycles. The monoisotopic (exact) mass is 450 g/mol. The highest BCUT2D eigenvalue weighted by Gasteiger charge is 2.49. The van der Waals surface area contributed by atoms with Gasteiger partial charge in [-0.1, -0.05) is 58.0 Å². The van der Waals surface area contributed by atoms with Crippen molar-refractivity contribution in [2.75, 3.05) is 13.7 Å². The molecule has 0 aliphatic carbocycles. The zero-order valence-electron chi connectivity index (χ0n) is 20.5. The number of benzene rings is 1. The first-order valence-electron chi connectivity index (χ1n) is 11.5. The summed E-state index contributed by atoms with van der Waals surface area (Å²) in [5.41, 5.74) is 1.19. The predicted molar refractivity (Wildman–Crippen MR) is 126 cm³/mol. The third kappa shape index (κ3) is 7.22. The smallest absolute Gasteiger partial charge is 0.228 e. The Bertz CT molecular complexity index is 672. The molecule has 0 radical (unpaired) electrons. The van der Waals surface area contributed by atoms with E-state index < -0.39 is 14.1 Å². The van der Waals surface area contributed by atoms with Crippen LogP contribution in [0.25, 0.3) is 0 Å². The van der Waals surface area contributed by atoms with Gasteiger partial charge >= 0.3 is 0 Å². The van der Waals surface area contributed by atoms with Gasteiger partial charge in [-0.05, 0) is 43.0 Å². The summed E-state index contributed by atoms with van der Waals surface area (Å²) >= 11 is 0. The molecule has 5 nitrogen and oxygen atoms in total. The molecule has 0 saturated carbocycles. The molecule has 0 bridgehead atoms. The Morgan fingerprint density at radius 3 is 2.45 bits per heavy atom. The fourth-order valence-electron chi connectivity index (χ4n) is 3.71. The van der Waals surface area contributed by atoms with Crippen LogP contribution in [0, 0.1) is 5.92 Å². The van der Waals surface area contributed by atoms with Crippen molar-refractivity contribution in [3.05, 3.63) is 35.9 Å². The van der Waals surface area contributed by atoms with Crippen molar-refractivity contribution in [2.45, 2.75) is 96.1 Å². The molecule has 176 valence electrons. The Balaban J connectivity index is 1.92. The molecule has 1 heterocycles. The minimum atomic E-state index is -1.98. The van der Waals surface area contributed by atoms with Crippen molar-refractivity contribution in [3.63, 3.8) is 0 Å². The van der Waals surface area contributed by atoms with Crippen molar-refractivity contribution in [3.8, 4) is 0 Å². The first-order chi connectivity index (χ1) is 14.5. The van der Waals surface area contributed by atoms with Gasteiger partial charge in [0.15, 0.2) is 14.6 Å². The molecule has 1 aromatic rings. The Morgan fingerprint density at radius 2 is 1.87 bits per heavy atom. The van der Waals surface area contributed by atoms with E-state index in [2.05, 4.69) is 52.9 Å². The minimum Gasteiger partial charge on any atom is -0.413 e. The fourth-order valence-corrected chi connectivity index (χ4v) is 5.12. The van der Waals surface area contributed by atoms with Gasteiger partial charge in [0.05, 0.1) is 18.8 Å². The Morgan fingerprint density at radius 1 is 1.19 bits per heavy atom. The average molecular weight is 451 g/mol. The number of ether oxygens (including phenoxy) is 3.